The molecule has 0 spiro atoms. The van der Waals surface area contributed by atoms with Gasteiger partial charge in [0, 0.05) is 11.6 Å². The Hall–Kier alpha value is -2.62. The van der Waals surface area contributed by atoms with Gasteiger partial charge in [-0.25, -0.2) is 13.1 Å². The highest BCUT2D eigenvalue weighted by Crippen LogP contribution is 2.31. The second kappa shape index (κ2) is 8.02. The van der Waals surface area contributed by atoms with Crippen molar-refractivity contribution in [3.8, 4) is 0 Å². The second-order valence-corrected chi connectivity index (χ2v) is 9.83. The zero-order valence-corrected chi connectivity index (χ0v) is 17.4. The maximum Gasteiger partial charge on any atom is 0.270 e. The number of anilines is 1. The molecule has 2 aromatic carbocycles. The van der Waals surface area contributed by atoms with Crippen molar-refractivity contribution in [3.05, 3.63) is 70.8 Å². The highest BCUT2D eigenvalue weighted by Gasteiger charge is 2.28. The minimum absolute atomic E-state index is 0.140. The lowest BCUT2D eigenvalue weighted by molar-refractivity contribution is 0.102. The van der Waals surface area contributed by atoms with Crippen molar-refractivity contribution in [2.24, 2.45) is 0 Å². The molecule has 9 heteroatoms. The fourth-order valence-electron chi connectivity index (χ4n) is 3.44. The Labute approximate surface area is 173 Å². The first kappa shape index (κ1) is 19.7. The molecule has 0 saturated carbocycles. The molecule has 29 heavy (non-hydrogen) atoms. The van der Waals surface area contributed by atoms with Crippen LogP contribution < -0.4 is 10.0 Å². The largest absolute Gasteiger partial charge is 0.296 e. The van der Waals surface area contributed by atoms with E-state index in [4.69, 9.17) is 0 Å². The van der Waals surface area contributed by atoms with Crippen LogP contribution in [0.1, 0.15) is 45.9 Å². The molecule has 0 fully saturated rings. The molecule has 1 amide bonds. The van der Waals surface area contributed by atoms with Crippen LogP contribution in [0.4, 0.5) is 5.13 Å². The van der Waals surface area contributed by atoms with Crippen LogP contribution in [-0.2, 0) is 16.4 Å². The standard InChI is InChI=1S/C20H20N4O3S2/c1-13-6-4-9-15(12-13)18(25)21-19-22-23-20(28-19)29(26,27)24-17-11-5-8-14-7-2-3-10-16(14)17/h2-4,6-7,9-10,12,17,24H,5,8,11H2,1H3,(H,21,22,25)/t17-/m1/s1. The van der Waals surface area contributed by atoms with Crippen molar-refractivity contribution in [1.82, 2.24) is 14.9 Å². The number of amides is 1. The van der Waals surface area contributed by atoms with Crippen LogP contribution in [0.15, 0.2) is 52.9 Å². The minimum atomic E-state index is -3.85. The van der Waals surface area contributed by atoms with E-state index < -0.39 is 10.0 Å². The number of nitrogens with one attached hydrogen (secondary N) is 2. The lowest BCUT2D eigenvalue weighted by atomic mass is 9.88. The number of carbonyl (C=O) groups is 1. The number of sulfonamides is 1. The van der Waals surface area contributed by atoms with E-state index in [1.165, 1.54) is 0 Å². The Balaban J connectivity index is 1.49. The Kier molecular flexibility index (Phi) is 5.44. The van der Waals surface area contributed by atoms with Crippen molar-refractivity contribution in [1.29, 1.82) is 0 Å². The van der Waals surface area contributed by atoms with Gasteiger partial charge in [0.2, 0.25) is 9.47 Å². The number of aryl methyl sites for hydroxylation is 2. The molecule has 4 rings (SSSR count). The van der Waals surface area contributed by atoms with Crippen LogP contribution in [0, 0.1) is 6.92 Å². The van der Waals surface area contributed by atoms with Crippen molar-refractivity contribution in [2.75, 3.05) is 5.32 Å². The molecule has 3 aromatic rings. The summed E-state index contributed by atoms with van der Waals surface area (Å²) in [7, 11) is -3.85. The minimum Gasteiger partial charge on any atom is -0.296 e. The smallest absolute Gasteiger partial charge is 0.270 e. The highest BCUT2D eigenvalue weighted by molar-refractivity contribution is 7.91. The number of fused-ring (bicyclic) bond motifs is 1. The summed E-state index contributed by atoms with van der Waals surface area (Å²) in [6, 6.07) is 14.7. The molecule has 1 aromatic heterocycles. The topological polar surface area (TPSA) is 101 Å². The Morgan fingerprint density at radius 1 is 1.14 bits per heavy atom. The fourth-order valence-corrected chi connectivity index (χ4v) is 5.60. The molecule has 1 aliphatic rings. The first-order valence-corrected chi connectivity index (χ1v) is 11.5. The zero-order chi connectivity index (χ0) is 20.4. The molecule has 1 aliphatic carbocycles. The molecule has 150 valence electrons. The molecule has 0 aliphatic heterocycles. The first-order chi connectivity index (χ1) is 13.9. The van der Waals surface area contributed by atoms with Gasteiger partial charge in [0.25, 0.3) is 15.9 Å². The van der Waals surface area contributed by atoms with Gasteiger partial charge < -0.3 is 0 Å². The Morgan fingerprint density at radius 3 is 2.79 bits per heavy atom. The molecular formula is C20H20N4O3S2. The summed E-state index contributed by atoms with van der Waals surface area (Å²) in [6.07, 6.45) is 2.59. The monoisotopic (exact) mass is 428 g/mol. The average Bonchev–Trinajstić information content (AvgIpc) is 3.18. The van der Waals surface area contributed by atoms with E-state index in [1.807, 2.05) is 37.3 Å². The summed E-state index contributed by atoms with van der Waals surface area (Å²) in [5.74, 6) is -0.358. The molecule has 1 heterocycles. The second-order valence-electron chi connectivity index (χ2n) is 6.96. The van der Waals surface area contributed by atoms with Crippen LogP contribution in [0.25, 0.3) is 0 Å². The molecule has 0 radical (unpaired) electrons. The third kappa shape index (κ3) is 4.36. The molecule has 0 saturated heterocycles. The van der Waals surface area contributed by atoms with Crippen LogP contribution >= 0.6 is 11.3 Å². The van der Waals surface area contributed by atoms with E-state index in [0.29, 0.717) is 5.56 Å². The lowest BCUT2D eigenvalue weighted by Gasteiger charge is -2.25. The van der Waals surface area contributed by atoms with Crippen LogP contribution in [-0.4, -0.2) is 24.5 Å². The van der Waals surface area contributed by atoms with Gasteiger partial charge >= 0.3 is 0 Å². The number of nitrogens with zero attached hydrogens (tertiary/aromatic N) is 2. The number of benzene rings is 2. The normalized spacial score (nSPS) is 16.2. The maximum absolute atomic E-state index is 12.8. The van der Waals surface area contributed by atoms with Gasteiger partial charge in [0.05, 0.1) is 0 Å². The number of aromatic nitrogens is 2. The number of hydrogen-bond acceptors (Lipinski definition) is 6. The quantitative estimate of drug-likeness (QED) is 0.606. The summed E-state index contributed by atoms with van der Waals surface area (Å²) in [5.41, 5.74) is 3.59. The predicted molar refractivity (Wildman–Crippen MR) is 111 cm³/mol. The van der Waals surface area contributed by atoms with Gasteiger partial charge in [-0.15, -0.1) is 10.2 Å². The van der Waals surface area contributed by atoms with Crippen molar-refractivity contribution >= 4 is 32.4 Å². The first-order valence-electron chi connectivity index (χ1n) is 9.24. The van der Waals surface area contributed by atoms with E-state index in [1.54, 1.807) is 18.2 Å². The number of carbonyl (C=O) groups excluding carboxylic acids is 1. The maximum atomic E-state index is 12.8. The van der Waals surface area contributed by atoms with Crippen LogP contribution in [0.5, 0.6) is 0 Å². The van der Waals surface area contributed by atoms with Gasteiger partial charge in [-0.2, -0.15) is 0 Å². The molecule has 7 nitrogen and oxygen atoms in total. The third-order valence-corrected chi connectivity index (χ3v) is 7.48. The zero-order valence-electron chi connectivity index (χ0n) is 15.8. The summed E-state index contributed by atoms with van der Waals surface area (Å²) in [4.78, 5) is 12.3. The van der Waals surface area contributed by atoms with Crippen molar-refractivity contribution in [3.63, 3.8) is 0 Å². The molecule has 1 atom stereocenters. The Bertz CT molecular complexity index is 1160. The van der Waals surface area contributed by atoms with Gasteiger partial charge in [0.15, 0.2) is 0 Å². The van der Waals surface area contributed by atoms with Gasteiger partial charge in [-0.05, 0) is 49.4 Å². The van der Waals surface area contributed by atoms with E-state index in [2.05, 4.69) is 20.2 Å². The van der Waals surface area contributed by atoms with Crippen molar-refractivity contribution < 1.29 is 13.2 Å². The third-order valence-electron chi connectivity index (χ3n) is 4.80. The molecular weight excluding hydrogens is 408 g/mol. The predicted octanol–water partition coefficient (Wildman–Crippen LogP) is 3.45. The van der Waals surface area contributed by atoms with E-state index in [-0.39, 0.29) is 21.4 Å². The van der Waals surface area contributed by atoms with Crippen LogP contribution in [0.3, 0.4) is 0 Å². The summed E-state index contributed by atoms with van der Waals surface area (Å²) < 4.78 is 28.2. The van der Waals surface area contributed by atoms with Gasteiger partial charge in [0.1, 0.15) is 0 Å². The molecule has 0 unspecified atom stereocenters. The van der Waals surface area contributed by atoms with E-state index in [9.17, 15) is 13.2 Å². The summed E-state index contributed by atoms with van der Waals surface area (Å²) in [5, 5.41) is 10.4. The average molecular weight is 429 g/mol. The highest BCUT2D eigenvalue weighted by atomic mass is 32.2. The fraction of sp³-hybridized carbons (Fsp3) is 0.250. The van der Waals surface area contributed by atoms with Gasteiger partial charge in [-0.1, -0.05) is 53.3 Å². The Morgan fingerprint density at radius 2 is 1.97 bits per heavy atom. The summed E-state index contributed by atoms with van der Waals surface area (Å²) >= 11 is 0.832. The number of hydrogen-bond donors (Lipinski definition) is 2. The van der Waals surface area contributed by atoms with Crippen LogP contribution in [0.2, 0.25) is 0 Å². The van der Waals surface area contributed by atoms with E-state index >= 15 is 0 Å². The molecule has 0 bridgehead atoms. The summed E-state index contributed by atoms with van der Waals surface area (Å²) in [6.45, 7) is 1.89. The van der Waals surface area contributed by atoms with E-state index in [0.717, 1.165) is 47.3 Å². The number of rotatable bonds is 5. The molecule has 2 N–H and O–H groups in total. The lowest BCUT2D eigenvalue weighted by Crippen LogP contribution is -2.31. The SMILES string of the molecule is Cc1cccc(C(=O)Nc2nnc(S(=O)(=O)N[C@@H]3CCCc4ccccc43)s2)c1. The van der Waals surface area contributed by atoms with Crippen molar-refractivity contribution in [2.45, 2.75) is 36.6 Å². The van der Waals surface area contributed by atoms with Gasteiger partial charge in [-0.3, -0.25) is 10.1 Å².